The Balaban J connectivity index is 2.27. The maximum absolute atomic E-state index is 14.6. The quantitative estimate of drug-likeness (QED) is 0.728. The summed E-state index contributed by atoms with van der Waals surface area (Å²) >= 11 is 0. The van der Waals surface area contributed by atoms with Gasteiger partial charge in [0.1, 0.15) is 17.7 Å². The first kappa shape index (κ1) is 17.1. The van der Waals surface area contributed by atoms with Crippen LogP contribution in [0.25, 0.3) is 10.9 Å². The number of carbonyl (C=O) groups is 2. The lowest BCUT2D eigenvalue weighted by Crippen LogP contribution is -2.32. The van der Waals surface area contributed by atoms with Crippen LogP contribution in [-0.4, -0.2) is 41.6 Å². The first-order valence-electron chi connectivity index (χ1n) is 7.98. The molecular formula is C17H18FN3O4. The SMILES string of the molecule is NCCN(CC=O)c1cc2c(cc1F)c(=O)c(C(=O)O)cn2C1CC1. The van der Waals surface area contributed by atoms with Crippen molar-refractivity contribution in [2.45, 2.75) is 18.9 Å². The Bertz CT molecular complexity index is 905. The molecule has 7 nitrogen and oxygen atoms in total. The molecule has 1 aromatic heterocycles. The Morgan fingerprint density at radius 3 is 2.72 bits per heavy atom. The summed E-state index contributed by atoms with van der Waals surface area (Å²) in [6.45, 7) is 0.487. The highest BCUT2D eigenvalue weighted by Gasteiger charge is 2.27. The molecule has 3 N–H and O–H groups in total. The number of hydrogen-bond donors (Lipinski definition) is 2. The van der Waals surface area contributed by atoms with E-state index in [-0.39, 0.29) is 42.3 Å². The number of hydrogen-bond acceptors (Lipinski definition) is 5. The van der Waals surface area contributed by atoms with Gasteiger partial charge >= 0.3 is 5.97 Å². The molecule has 8 heteroatoms. The highest BCUT2D eigenvalue weighted by atomic mass is 19.1. The van der Waals surface area contributed by atoms with Gasteiger partial charge in [0.2, 0.25) is 5.43 Å². The monoisotopic (exact) mass is 347 g/mol. The van der Waals surface area contributed by atoms with Gasteiger partial charge in [-0.1, -0.05) is 0 Å². The van der Waals surface area contributed by atoms with Crippen molar-refractivity contribution in [1.29, 1.82) is 0 Å². The molecule has 0 spiro atoms. The van der Waals surface area contributed by atoms with Crippen molar-refractivity contribution in [2.75, 3.05) is 24.5 Å². The maximum Gasteiger partial charge on any atom is 0.341 e. The van der Waals surface area contributed by atoms with E-state index in [0.29, 0.717) is 11.8 Å². The van der Waals surface area contributed by atoms with E-state index in [4.69, 9.17) is 5.73 Å². The van der Waals surface area contributed by atoms with E-state index >= 15 is 0 Å². The van der Waals surface area contributed by atoms with Crippen LogP contribution in [0.4, 0.5) is 10.1 Å². The Morgan fingerprint density at radius 1 is 1.44 bits per heavy atom. The molecule has 1 aromatic carbocycles. The number of carbonyl (C=O) groups excluding carboxylic acids is 1. The fourth-order valence-electron chi connectivity index (χ4n) is 2.96. The number of benzene rings is 1. The molecule has 0 aliphatic heterocycles. The smallest absolute Gasteiger partial charge is 0.341 e. The summed E-state index contributed by atoms with van der Waals surface area (Å²) in [5, 5.41) is 9.26. The second-order valence-corrected chi connectivity index (χ2v) is 6.04. The molecule has 3 rings (SSSR count). The normalized spacial score (nSPS) is 13.8. The summed E-state index contributed by atoms with van der Waals surface area (Å²) in [4.78, 5) is 36.1. The zero-order chi connectivity index (χ0) is 18.1. The molecule has 132 valence electrons. The molecule has 1 saturated carbocycles. The average molecular weight is 347 g/mol. The molecule has 1 aliphatic carbocycles. The minimum absolute atomic E-state index is 0.0202. The fourth-order valence-corrected chi connectivity index (χ4v) is 2.96. The maximum atomic E-state index is 14.6. The zero-order valence-corrected chi connectivity index (χ0v) is 13.4. The molecule has 0 radical (unpaired) electrons. The van der Waals surface area contributed by atoms with E-state index in [9.17, 15) is 23.9 Å². The molecule has 0 atom stereocenters. The number of pyridine rings is 1. The van der Waals surface area contributed by atoms with E-state index in [1.54, 1.807) is 4.57 Å². The van der Waals surface area contributed by atoms with Crippen molar-refractivity contribution < 1.29 is 19.1 Å². The molecule has 0 amide bonds. The number of nitrogens with zero attached hydrogens (tertiary/aromatic N) is 2. The van der Waals surface area contributed by atoms with Gasteiger partial charge in [0, 0.05) is 30.7 Å². The second-order valence-electron chi connectivity index (χ2n) is 6.04. The Labute approximate surface area is 142 Å². The van der Waals surface area contributed by atoms with Gasteiger partial charge in [0.05, 0.1) is 17.7 Å². The van der Waals surface area contributed by atoms with Gasteiger partial charge in [-0.3, -0.25) is 4.79 Å². The van der Waals surface area contributed by atoms with Crippen LogP contribution < -0.4 is 16.1 Å². The molecular weight excluding hydrogens is 329 g/mol. The molecule has 1 aliphatic rings. The van der Waals surface area contributed by atoms with Crippen LogP contribution in [0.3, 0.4) is 0 Å². The Kier molecular flexibility index (Phi) is 4.54. The number of aromatic nitrogens is 1. The molecule has 0 unspecified atom stereocenters. The van der Waals surface area contributed by atoms with Crippen molar-refractivity contribution in [3.63, 3.8) is 0 Å². The topological polar surface area (TPSA) is 106 Å². The van der Waals surface area contributed by atoms with Gasteiger partial charge in [-0.05, 0) is 25.0 Å². The largest absolute Gasteiger partial charge is 0.477 e. The van der Waals surface area contributed by atoms with Crippen LogP contribution in [0.15, 0.2) is 23.1 Å². The van der Waals surface area contributed by atoms with Crippen molar-refractivity contribution in [3.05, 3.63) is 39.9 Å². The molecule has 0 bridgehead atoms. The number of carboxylic acid groups (broad SMARTS) is 1. The van der Waals surface area contributed by atoms with Crippen LogP contribution in [0.1, 0.15) is 29.2 Å². The third kappa shape index (κ3) is 3.12. The minimum Gasteiger partial charge on any atom is -0.477 e. The number of fused-ring (bicyclic) bond motifs is 1. The van der Waals surface area contributed by atoms with E-state index in [1.807, 2.05) is 0 Å². The first-order chi connectivity index (χ1) is 12.0. The summed E-state index contributed by atoms with van der Waals surface area (Å²) in [6, 6.07) is 2.63. The van der Waals surface area contributed by atoms with Crippen molar-refractivity contribution in [3.8, 4) is 0 Å². The van der Waals surface area contributed by atoms with Crippen LogP contribution in [-0.2, 0) is 4.79 Å². The van der Waals surface area contributed by atoms with E-state index in [1.165, 1.54) is 17.2 Å². The number of halogens is 1. The molecule has 1 fully saturated rings. The summed E-state index contributed by atoms with van der Waals surface area (Å²) < 4.78 is 16.3. The summed E-state index contributed by atoms with van der Waals surface area (Å²) in [6.07, 6.45) is 3.70. The Hall–Kier alpha value is -2.74. The predicted octanol–water partition coefficient (Wildman–Crippen LogP) is 1.14. The van der Waals surface area contributed by atoms with Gasteiger partial charge in [0.25, 0.3) is 0 Å². The highest BCUT2D eigenvalue weighted by molar-refractivity contribution is 5.93. The fraction of sp³-hybridized carbons (Fsp3) is 0.353. The third-order valence-corrected chi connectivity index (χ3v) is 4.31. The van der Waals surface area contributed by atoms with E-state index in [0.717, 1.165) is 18.9 Å². The van der Waals surface area contributed by atoms with Gasteiger partial charge in [-0.2, -0.15) is 0 Å². The summed E-state index contributed by atoms with van der Waals surface area (Å²) in [5.41, 5.74) is 5.06. The number of anilines is 1. The predicted molar refractivity (Wildman–Crippen MR) is 90.7 cm³/mol. The second kappa shape index (κ2) is 6.64. The lowest BCUT2D eigenvalue weighted by Gasteiger charge is -2.23. The Morgan fingerprint density at radius 2 is 2.16 bits per heavy atom. The number of aromatic carboxylic acids is 1. The van der Waals surface area contributed by atoms with Crippen LogP contribution >= 0.6 is 0 Å². The average Bonchev–Trinajstić information content (AvgIpc) is 3.39. The lowest BCUT2D eigenvalue weighted by atomic mass is 10.1. The van der Waals surface area contributed by atoms with Crippen LogP contribution in [0.2, 0.25) is 0 Å². The van der Waals surface area contributed by atoms with Gasteiger partial charge in [-0.15, -0.1) is 0 Å². The molecule has 0 saturated heterocycles. The summed E-state index contributed by atoms with van der Waals surface area (Å²) in [7, 11) is 0. The summed E-state index contributed by atoms with van der Waals surface area (Å²) in [5.74, 6) is -2.03. The van der Waals surface area contributed by atoms with Crippen molar-refractivity contribution in [1.82, 2.24) is 4.57 Å². The number of rotatable bonds is 7. The first-order valence-corrected chi connectivity index (χ1v) is 7.98. The lowest BCUT2D eigenvalue weighted by molar-refractivity contribution is -0.106. The van der Waals surface area contributed by atoms with E-state index < -0.39 is 17.2 Å². The number of carboxylic acids is 1. The van der Waals surface area contributed by atoms with Crippen molar-refractivity contribution in [2.24, 2.45) is 5.73 Å². The minimum atomic E-state index is -1.34. The third-order valence-electron chi connectivity index (χ3n) is 4.31. The van der Waals surface area contributed by atoms with Crippen LogP contribution in [0, 0.1) is 5.82 Å². The highest BCUT2D eigenvalue weighted by Crippen LogP contribution is 2.38. The van der Waals surface area contributed by atoms with Gasteiger partial charge in [-0.25, -0.2) is 9.18 Å². The van der Waals surface area contributed by atoms with Gasteiger partial charge in [0.15, 0.2) is 0 Å². The molecule has 1 heterocycles. The van der Waals surface area contributed by atoms with Gasteiger partial charge < -0.3 is 25.1 Å². The molecule has 25 heavy (non-hydrogen) atoms. The van der Waals surface area contributed by atoms with Crippen molar-refractivity contribution >= 4 is 28.8 Å². The zero-order valence-electron chi connectivity index (χ0n) is 13.4. The van der Waals surface area contributed by atoms with E-state index in [2.05, 4.69) is 0 Å². The standard InChI is InChI=1S/C17H18FN3O4/c18-13-7-11-14(8-15(13)20(4-3-19)5-6-22)21(10-1-2-10)9-12(16(11)23)17(24)25/h6-10H,1-5,19H2,(H,24,25). The number of nitrogens with two attached hydrogens (primary N) is 1. The molecule has 2 aromatic rings. The number of aldehydes is 1. The van der Waals surface area contributed by atoms with Crippen LogP contribution in [0.5, 0.6) is 0 Å².